The van der Waals surface area contributed by atoms with E-state index < -0.39 is 38.2 Å². The summed E-state index contributed by atoms with van der Waals surface area (Å²) in [6.07, 6.45) is -0.713. The largest absolute Gasteiger partial charge is 0.454 e. The van der Waals surface area contributed by atoms with Crippen LogP contribution in [0.2, 0.25) is 0 Å². The molecule has 166 valence electrons. The lowest BCUT2D eigenvalue weighted by atomic mass is 10.1. The zero-order chi connectivity index (χ0) is 22.4. The summed E-state index contributed by atoms with van der Waals surface area (Å²) in [4.78, 5) is 12.8. The highest BCUT2D eigenvalue weighted by atomic mass is 32.2. The maximum absolute atomic E-state index is 13.5. The molecule has 2 aromatic carbocycles. The van der Waals surface area contributed by atoms with Crippen molar-refractivity contribution in [2.24, 2.45) is 5.73 Å². The van der Waals surface area contributed by atoms with Gasteiger partial charge in [-0.2, -0.15) is 0 Å². The zero-order valence-corrected chi connectivity index (χ0v) is 18.4. The molecule has 9 heteroatoms. The fraction of sp³-hybridized carbons (Fsp3) is 0.409. The van der Waals surface area contributed by atoms with Gasteiger partial charge in [0.05, 0.1) is 10.4 Å². The first-order valence-electron chi connectivity index (χ1n) is 9.98. The summed E-state index contributed by atoms with van der Waals surface area (Å²) in [7, 11) is -3.81. The van der Waals surface area contributed by atoms with Crippen LogP contribution in [0.15, 0.2) is 53.4 Å². The van der Waals surface area contributed by atoms with Crippen molar-refractivity contribution >= 4 is 15.9 Å². The van der Waals surface area contributed by atoms with Gasteiger partial charge in [0.2, 0.25) is 6.79 Å². The van der Waals surface area contributed by atoms with E-state index >= 15 is 0 Å². The third-order valence-electron chi connectivity index (χ3n) is 5.49. The summed E-state index contributed by atoms with van der Waals surface area (Å²) < 4.78 is 43.3. The molecule has 1 heterocycles. The molecule has 0 aromatic heterocycles. The van der Waals surface area contributed by atoms with E-state index in [1.807, 2.05) is 0 Å². The van der Waals surface area contributed by atoms with Gasteiger partial charge in [0.25, 0.3) is 0 Å². The van der Waals surface area contributed by atoms with E-state index in [1.165, 1.54) is 0 Å². The lowest BCUT2D eigenvalue weighted by molar-refractivity contribution is 0.0497. The fourth-order valence-electron chi connectivity index (χ4n) is 4.13. The second-order valence-electron chi connectivity index (χ2n) is 8.74. The van der Waals surface area contributed by atoms with Gasteiger partial charge >= 0.3 is 6.09 Å². The van der Waals surface area contributed by atoms with Crippen LogP contribution in [0, 0.1) is 0 Å². The van der Waals surface area contributed by atoms with Crippen LogP contribution in [-0.2, 0) is 14.6 Å². The maximum Gasteiger partial charge on any atom is 0.408 e. The molecule has 4 rings (SSSR count). The third-order valence-corrected chi connectivity index (χ3v) is 7.78. The summed E-state index contributed by atoms with van der Waals surface area (Å²) in [5.74, 6) is 0.540. The van der Waals surface area contributed by atoms with Crippen LogP contribution in [0.1, 0.15) is 32.3 Å². The molecular formula is C22H26N2O6S. The smallest absolute Gasteiger partial charge is 0.408 e. The van der Waals surface area contributed by atoms with Crippen LogP contribution in [0.3, 0.4) is 0 Å². The standard InChI is InChI=1S/C22H26N2O6S/c1-21(2,3)30-20(25)24-22(12-23)18(14-9-10-16-17(11-14)29-13-28-16)19(22)31(26,27)15-7-5-4-6-8-15/h4-11,18-19H,12-13,23H2,1-3H3,(H,24,25)/t18-,19-,22-/m0/s1. The Balaban J connectivity index is 1.75. The van der Waals surface area contributed by atoms with Crippen molar-refractivity contribution in [1.82, 2.24) is 5.32 Å². The van der Waals surface area contributed by atoms with Gasteiger partial charge < -0.3 is 25.3 Å². The first-order valence-corrected chi connectivity index (χ1v) is 11.5. The van der Waals surface area contributed by atoms with Crippen LogP contribution < -0.4 is 20.5 Å². The first kappa shape index (κ1) is 21.5. The molecule has 0 unspecified atom stereocenters. The lowest BCUT2D eigenvalue weighted by Crippen LogP contribution is -2.49. The van der Waals surface area contributed by atoms with E-state index in [0.717, 1.165) is 0 Å². The molecule has 1 aliphatic carbocycles. The second-order valence-corrected chi connectivity index (χ2v) is 10.8. The molecule has 0 radical (unpaired) electrons. The molecule has 1 fully saturated rings. The molecule has 2 aliphatic rings. The number of alkyl carbamates (subject to hydrolysis) is 1. The van der Waals surface area contributed by atoms with E-state index in [1.54, 1.807) is 69.3 Å². The number of carbonyl (C=O) groups excluding carboxylic acids is 1. The Bertz CT molecular complexity index is 1100. The quantitative estimate of drug-likeness (QED) is 0.725. The molecule has 0 bridgehead atoms. The molecule has 0 spiro atoms. The van der Waals surface area contributed by atoms with E-state index in [2.05, 4.69) is 5.32 Å². The lowest BCUT2D eigenvalue weighted by Gasteiger charge is -2.24. The highest BCUT2D eigenvalue weighted by Gasteiger charge is 2.72. The normalized spacial score (nSPS) is 24.5. The van der Waals surface area contributed by atoms with Gasteiger partial charge in [-0.25, -0.2) is 13.2 Å². The van der Waals surface area contributed by atoms with Gasteiger partial charge in [-0.15, -0.1) is 0 Å². The van der Waals surface area contributed by atoms with Crippen LogP contribution >= 0.6 is 0 Å². The van der Waals surface area contributed by atoms with E-state index in [-0.39, 0.29) is 18.2 Å². The number of nitrogens with one attached hydrogen (secondary N) is 1. The minimum absolute atomic E-state index is 0.0813. The molecule has 0 saturated heterocycles. The van der Waals surface area contributed by atoms with Gasteiger partial charge in [-0.05, 0) is 50.6 Å². The molecule has 2 aromatic rings. The molecule has 3 atom stereocenters. The molecule has 1 amide bonds. The number of carbonyl (C=O) groups is 1. The highest BCUT2D eigenvalue weighted by Crippen LogP contribution is 2.57. The van der Waals surface area contributed by atoms with Crippen LogP contribution in [0.25, 0.3) is 0 Å². The Morgan fingerprint density at radius 1 is 1.16 bits per heavy atom. The number of amides is 1. The van der Waals surface area contributed by atoms with Crippen molar-refractivity contribution in [2.75, 3.05) is 13.3 Å². The Hall–Kier alpha value is -2.78. The van der Waals surface area contributed by atoms with E-state index in [9.17, 15) is 13.2 Å². The van der Waals surface area contributed by atoms with Crippen molar-refractivity contribution in [1.29, 1.82) is 0 Å². The summed E-state index contributed by atoms with van der Waals surface area (Å²) in [6, 6.07) is 13.4. The average Bonchev–Trinajstić information content (AvgIpc) is 3.13. The monoisotopic (exact) mass is 446 g/mol. The number of sulfone groups is 1. The van der Waals surface area contributed by atoms with Gasteiger partial charge in [-0.3, -0.25) is 0 Å². The number of ether oxygens (including phenoxy) is 3. The summed E-state index contributed by atoms with van der Waals surface area (Å²) in [6.45, 7) is 5.24. The molecular weight excluding hydrogens is 420 g/mol. The Labute approximate surface area is 181 Å². The number of rotatable bonds is 5. The van der Waals surface area contributed by atoms with Gasteiger partial charge in [0.15, 0.2) is 21.3 Å². The average molecular weight is 447 g/mol. The fourth-order valence-corrected chi connectivity index (χ4v) is 6.50. The summed E-state index contributed by atoms with van der Waals surface area (Å²) >= 11 is 0. The number of hydrogen-bond acceptors (Lipinski definition) is 7. The van der Waals surface area contributed by atoms with E-state index in [0.29, 0.717) is 17.1 Å². The van der Waals surface area contributed by atoms with Crippen LogP contribution in [0.5, 0.6) is 11.5 Å². The number of hydrogen-bond donors (Lipinski definition) is 2. The van der Waals surface area contributed by atoms with Crippen molar-refractivity contribution in [3.63, 3.8) is 0 Å². The van der Waals surface area contributed by atoms with Gasteiger partial charge in [-0.1, -0.05) is 24.3 Å². The minimum atomic E-state index is -3.81. The summed E-state index contributed by atoms with van der Waals surface area (Å²) in [5, 5.41) is 1.82. The van der Waals surface area contributed by atoms with Crippen LogP contribution in [0.4, 0.5) is 4.79 Å². The van der Waals surface area contributed by atoms with Crippen molar-refractivity contribution in [3.05, 3.63) is 54.1 Å². The van der Waals surface area contributed by atoms with Crippen molar-refractivity contribution < 1.29 is 27.4 Å². The predicted molar refractivity (Wildman–Crippen MR) is 114 cm³/mol. The Morgan fingerprint density at radius 2 is 1.84 bits per heavy atom. The SMILES string of the molecule is CC(C)(C)OC(=O)N[C@@]1(CN)[C@@H](c2ccc3c(c2)OCO3)[C@@H]1S(=O)(=O)c1ccccc1. The predicted octanol–water partition coefficient (Wildman–Crippen LogP) is 2.58. The van der Waals surface area contributed by atoms with Gasteiger partial charge in [0, 0.05) is 12.5 Å². The Morgan fingerprint density at radius 3 is 2.48 bits per heavy atom. The van der Waals surface area contributed by atoms with Gasteiger partial charge in [0.1, 0.15) is 10.9 Å². The number of nitrogens with two attached hydrogens (primary N) is 1. The molecule has 1 aliphatic heterocycles. The third kappa shape index (κ3) is 3.83. The van der Waals surface area contributed by atoms with Crippen LogP contribution in [-0.4, -0.2) is 44.2 Å². The zero-order valence-electron chi connectivity index (χ0n) is 17.6. The Kier molecular flexibility index (Phi) is 5.13. The van der Waals surface area contributed by atoms with E-state index in [4.69, 9.17) is 19.9 Å². The molecule has 8 nitrogen and oxygen atoms in total. The summed E-state index contributed by atoms with van der Waals surface area (Å²) in [5.41, 5.74) is 4.83. The second kappa shape index (κ2) is 7.42. The van der Waals surface area contributed by atoms with Crippen molar-refractivity contribution in [2.45, 2.75) is 48.0 Å². The maximum atomic E-state index is 13.5. The molecule has 31 heavy (non-hydrogen) atoms. The van der Waals surface area contributed by atoms with Crippen molar-refractivity contribution in [3.8, 4) is 11.5 Å². The highest BCUT2D eigenvalue weighted by molar-refractivity contribution is 7.92. The first-order chi connectivity index (χ1) is 14.6. The topological polar surface area (TPSA) is 117 Å². The minimum Gasteiger partial charge on any atom is -0.454 e. The molecule has 3 N–H and O–H groups in total. The number of fused-ring (bicyclic) bond motifs is 1. The number of benzene rings is 2. The molecule has 1 saturated carbocycles.